The lowest BCUT2D eigenvalue weighted by Gasteiger charge is -2.21. The highest BCUT2D eigenvalue weighted by molar-refractivity contribution is 5.93. The minimum absolute atomic E-state index is 0.0219. The lowest BCUT2D eigenvalue weighted by Crippen LogP contribution is -2.27. The zero-order valence-electron chi connectivity index (χ0n) is 14.7. The maximum absolute atomic E-state index is 13.5. The summed E-state index contributed by atoms with van der Waals surface area (Å²) in [5.74, 6) is -3.19. The molecule has 0 spiro atoms. The molecule has 0 heterocycles. The van der Waals surface area contributed by atoms with Gasteiger partial charge in [-0.2, -0.15) is 0 Å². The van der Waals surface area contributed by atoms with Gasteiger partial charge in [0.25, 0.3) is 5.91 Å². The first-order valence-corrected chi connectivity index (χ1v) is 8.38. The highest BCUT2D eigenvalue weighted by Crippen LogP contribution is 2.28. The summed E-state index contributed by atoms with van der Waals surface area (Å²) < 4.78 is 31.8. The van der Waals surface area contributed by atoms with Gasteiger partial charge in [-0.05, 0) is 23.6 Å². The molecule has 0 saturated heterocycles. The van der Waals surface area contributed by atoms with Crippen LogP contribution in [0, 0.1) is 17.6 Å². The van der Waals surface area contributed by atoms with Crippen molar-refractivity contribution in [1.29, 1.82) is 0 Å². The monoisotopic (exact) mass is 361 g/mol. The van der Waals surface area contributed by atoms with Gasteiger partial charge in [-0.25, -0.2) is 8.78 Å². The summed E-state index contributed by atoms with van der Waals surface area (Å²) in [4.78, 5) is 24.4. The first-order valence-electron chi connectivity index (χ1n) is 8.38. The maximum atomic E-state index is 13.5. The molecular formula is C20H21F2NO3. The molecule has 0 radical (unpaired) electrons. The van der Waals surface area contributed by atoms with Crippen molar-refractivity contribution in [3.63, 3.8) is 0 Å². The summed E-state index contributed by atoms with van der Waals surface area (Å²) in [6, 6.07) is 11.9. The van der Waals surface area contributed by atoms with E-state index in [9.17, 15) is 18.4 Å². The molecule has 0 aliphatic rings. The van der Waals surface area contributed by atoms with Crippen LogP contribution in [-0.4, -0.2) is 18.5 Å². The van der Waals surface area contributed by atoms with E-state index in [2.05, 4.69) is 5.32 Å². The number of anilines is 1. The average molecular weight is 361 g/mol. The van der Waals surface area contributed by atoms with Gasteiger partial charge in [0.2, 0.25) is 0 Å². The molecule has 138 valence electrons. The Balaban J connectivity index is 2.01. The van der Waals surface area contributed by atoms with Crippen LogP contribution >= 0.6 is 0 Å². The third-order valence-corrected chi connectivity index (χ3v) is 4.17. The summed E-state index contributed by atoms with van der Waals surface area (Å²) in [6.45, 7) is 3.32. The van der Waals surface area contributed by atoms with Gasteiger partial charge in [-0.3, -0.25) is 9.59 Å². The van der Waals surface area contributed by atoms with Gasteiger partial charge < -0.3 is 10.1 Å². The normalized spacial score (nSPS) is 12.9. The van der Waals surface area contributed by atoms with Crippen molar-refractivity contribution >= 4 is 17.6 Å². The van der Waals surface area contributed by atoms with E-state index >= 15 is 0 Å². The zero-order valence-corrected chi connectivity index (χ0v) is 14.7. The number of rotatable bonds is 7. The first-order chi connectivity index (χ1) is 12.4. The fraction of sp³-hybridized carbons (Fsp3) is 0.300. The Morgan fingerprint density at radius 1 is 1.12 bits per heavy atom. The Hall–Kier alpha value is -2.76. The van der Waals surface area contributed by atoms with Crippen LogP contribution in [-0.2, 0) is 14.3 Å². The van der Waals surface area contributed by atoms with E-state index in [-0.39, 0.29) is 11.6 Å². The molecule has 2 atom stereocenters. The van der Waals surface area contributed by atoms with Crippen LogP contribution in [0.4, 0.5) is 14.5 Å². The quantitative estimate of drug-likeness (QED) is 0.749. The molecule has 0 bridgehead atoms. The van der Waals surface area contributed by atoms with Crippen LogP contribution in [0.25, 0.3) is 0 Å². The van der Waals surface area contributed by atoms with E-state index in [0.29, 0.717) is 0 Å². The topological polar surface area (TPSA) is 55.4 Å². The summed E-state index contributed by atoms with van der Waals surface area (Å²) >= 11 is 0. The molecule has 4 nitrogen and oxygen atoms in total. The van der Waals surface area contributed by atoms with Gasteiger partial charge in [-0.1, -0.05) is 50.6 Å². The molecule has 0 saturated carbocycles. The number of carbonyl (C=O) groups is 2. The fourth-order valence-electron chi connectivity index (χ4n) is 2.60. The Kier molecular flexibility index (Phi) is 6.83. The number of halogens is 2. The molecule has 2 aromatic rings. The molecule has 0 aliphatic heterocycles. The molecule has 2 rings (SSSR count). The minimum atomic E-state index is -0.771. The summed E-state index contributed by atoms with van der Waals surface area (Å²) in [5.41, 5.74) is 0.510. The van der Waals surface area contributed by atoms with Gasteiger partial charge in [0.1, 0.15) is 11.6 Å². The summed E-state index contributed by atoms with van der Waals surface area (Å²) in [7, 11) is 0. The maximum Gasteiger partial charge on any atom is 0.314 e. The molecule has 0 aliphatic carbocycles. The van der Waals surface area contributed by atoms with E-state index < -0.39 is 36.0 Å². The highest BCUT2D eigenvalue weighted by atomic mass is 19.1. The highest BCUT2D eigenvalue weighted by Gasteiger charge is 2.27. The predicted molar refractivity (Wildman–Crippen MR) is 94.6 cm³/mol. The van der Waals surface area contributed by atoms with Crippen molar-refractivity contribution in [1.82, 2.24) is 0 Å². The molecule has 6 heteroatoms. The second-order valence-corrected chi connectivity index (χ2v) is 6.05. The molecule has 1 amide bonds. The van der Waals surface area contributed by atoms with Gasteiger partial charge in [0.15, 0.2) is 6.61 Å². The molecule has 0 unspecified atom stereocenters. The van der Waals surface area contributed by atoms with Gasteiger partial charge in [0, 0.05) is 6.07 Å². The van der Waals surface area contributed by atoms with Crippen molar-refractivity contribution in [3.05, 3.63) is 65.7 Å². The van der Waals surface area contributed by atoms with Crippen LogP contribution in [0.3, 0.4) is 0 Å². The molecule has 0 fully saturated rings. The minimum Gasteiger partial charge on any atom is -0.455 e. The van der Waals surface area contributed by atoms with Crippen LogP contribution in [0.2, 0.25) is 0 Å². The number of ether oxygens (including phenoxy) is 1. The lowest BCUT2D eigenvalue weighted by atomic mass is 9.86. The second kappa shape index (κ2) is 9.08. The van der Waals surface area contributed by atoms with Crippen molar-refractivity contribution in [2.45, 2.75) is 26.2 Å². The van der Waals surface area contributed by atoms with Crippen LogP contribution in [0.5, 0.6) is 0 Å². The summed E-state index contributed by atoms with van der Waals surface area (Å²) in [5, 5.41) is 2.20. The predicted octanol–water partition coefficient (Wildman–Crippen LogP) is 4.28. The van der Waals surface area contributed by atoms with E-state index in [0.717, 1.165) is 30.2 Å². The number of amides is 1. The van der Waals surface area contributed by atoms with Gasteiger partial charge in [0.05, 0.1) is 11.6 Å². The van der Waals surface area contributed by atoms with Crippen molar-refractivity contribution in [3.8, 4) is 0 Å². The third-order valence-electron chi connectivity index (χ3n) is 4.17. The van der Waals surface area contributed by atoms with Crippen LogP contribution in [0.15, 0.2) is 48.5 Å². The summed E-state index contributed by atoms with van der Waals surface area (Å²) in [6.07, 6.45) is 0.759. The first kappa shape index (κ1) is 19.6. The Bertz CT molecular complexity index is 765. The molecule has 2 aromatic carbocycles. The van der Waals surface area contributed by atoms with Gasteiger partial charge in [-0.15, -0.1) is 0 Å². The lowest BCUT2D eigenvalue weighted by molar-refractivity contribution is -0.150. The van der Waals surface area contributed by atoms with Gasteiger partial charge >= 0.3 is 5.97 Å². The average Bonchev–Trinajstić information content (AvgIpc) is 2.64. The Morgan fingerprint density at radius 3 is 2.46 bits per heavy atom. The Morgan fingerprint density at radius 2 is 1.81 bits per heavy atom. The molecule has 0 aromatic heterocycles. The van der Waals surface area contributed by atoms with E-state index in [1.807, 2.05) is 44.2 Å². The van der Waals surface area contributed by atoms with Crippen molar-refractivity contribution in [2.24, 2.45) is 5.92 Å². The van der Waals surface area contributed by atoms with E-state index in [4.69, 9.17) is 4.74 Å². The SMILES string of the molecule is CC[C@@H](C)[C@@H](C(=O)OCC(=O)Nc1cc(F)ccc1F)c1ccccc1. The fourth-order valence-corrected chi connectivity index (χ4v) is 2.60. The second-order valence-electron chi connectivity index (χ2n) is 6.05. The molecule has 1 N–H and O–H groups in total. The van der Waals surface area contributed by atoms with Crippen molar-refractivity contribution < 1.29 is 23.1 Å². The van der Waals surface area contributed by atoms with Crippen LogP contribution in [0.1, 0.15) is 31.7 Å². The molecule has 26 heavy (non-hydrogen) atoms. The van der Waals surface area contributed by atoms with E-state index in [1.165, 1.54) is 0 Å². The van der Waals surface area contributed by atoms with Crippen LogP contribution < -0.4 is 5.32 Å². The number of nitrogens with one attached hydrogen (secondary N) is 1. The van der Waals surface area contributed by atoms with Crippen molar-refractivity contribution in [2.75, 3.05) is 11.9 Å². The largest absolute Gasteiger partial charge is 0.455 e. The van der Waals surface area contributed by atoms with E-state index in [1.54, 1.807) is 0 Å². The number of carbonyl (C=O) groups excluding carboxylic acids is 2. The zero-order chi connectivity index (χ0) is 19.1. The Labute approximate surface area is 151 Å². The number of benzene rings is 2. The third kappa shape index (κ3) is 5.12. The molecular weight excluding hydrogens is 340 g/mol. The number of hydrogen-bond acceptors (Lipinski definition) is 3. The number of hydrogen-bond donors (Lipinski definition) is 1. The number of esters is 1. The smallest absolute Gasteiger partial charge is 0.314 e. The standard InChI is InChI=1S/C20H21F2NO3/c1-3-13(2)19(14-7-5-4-6-8-14)20(25)26-12-18(24)23-17-11-15(21)9-10-16(17)22/h4-11,13,19H,3,12H2,1-2H3,(H,23,24)/t13-,19-/m1/s1.